The zero-order valence-corrected chi connectivity index (χ0v) is 15.9. The fourth-order valence-electron chi connectivity index (χ4n) is 3.18. The van der Waals surface area contributed by atoms with E-state index in [2.05, 4.69) is 6.07 Å². The molecule has 1 aromatic carbocycles. The number of nitrogens with zero attached hydrogens (tertiary/aromatic N) is 3. The van der Waals surface area contributed by atoms with E-state index in [4.69, 9.17) is 10.00 Å². The Morgan fingerprint density at radius 3 is 2.75 bits per heavy atom. The number of amides is 1. The summed E-state index contributed by atoms with van der Waals surface area (Å²) in [5, 5.41) is 21.3. The standard InChI is InChI=1S/C20H25N3O5/c1-15(20(26)27)23(19(25)4-2-3-10-24)22-9-11-28-18(14-22)12-16-5-7-17(13-21)8-6-16/h5-8,10,15,18H,2-4,9,11-12,14H2,1H3,(H,26,27)/t15-,18?/m1/s1. The highest BCUT2D eigenvalue weighted by Gasteiger charge is 2.34. The fraction of sp³-hybridized carbons (Fsp3) is 0.500. The topological polar surface area (TPSA) is 111 Å². The number of morpholine rings is 1. The van der Waals surface area contributed by atoms with Gasteiger partial charge in [0.05, 0.1) is 24.3 Å². The second kappa shape index (κ2) is 10.5. The minimum Gasteiger partial charge on any atom is -0.480 e. The first kappa shape index (κ1) is 21.5. The molecule has 8 heteroatoms. The van der Waals surface area contributed by atoms with Gasteiger partial charge in [-0.3, -0.25) is 9.80 Å². The number of unbranched alkanes of at least 4 members (excludes halogenated alkanes) is 1. The van der Waals surface area contributed by atoms with E-state index in [1.165, 1.54) is 11.9 Å². The Hall–Kier alpha value is -2.76. The molecule has 0 spiro atoms. The molecule has 1 heterocycles. The summed E-state index contributed by atoms with van der Waals surface area (Å²) in [7, 11) is 0. The molecule has 0 aliphatic carbocycles. The molecule has 0 bridgehead atoms. The number of ether oxygens (including phenoxy) is 1. The van der Waals surface area contributed by atoms with Gasteiger partial charge in [0.25, 0.3) is 0 Å². The number of hydrogen-bond acceptors (Lipinski definition) is 6. The van der Waals surface area contributed by atoms with Crippen molar-refractivity contribution in [1.29, 1.82) is 5.26 Å². The van der Waals surface area contributed by atoms with Crippen LogP contribution in [-0.2, 0) is 25.5 Å². The SMILES string of the molecule is C[C@H](C(=O)O)N(C(=O)CCCC=O)N1CCOC(Cc2ccc(C#N)cc2)C1. The summed E-state index contributed by atoms with van der Waals surface area (Å²) in [4.78, 5) is 34.6. The van der Waals surface area contributed by atoms with E-state index in [0.29, 0.717) is 38.1 Å². The summed E-state index contributed by atoms with van der Waals surface area (Å²) in [5.74, 6) is -1.39. The molecule has 0 radical (unpaired) electrons. The second-order valence-electron chi connectivity index (χ2n) is 6.73. The van der Waals surface area contributed by atoms with Crippen molar-refractivity contribution >= 4 is 18.2 Å². The number of aldehydes is 1. The van der Waals surface area contributed by atoms with Crippen LogP contribution in [0.3, 0.4) is 0 Å². The van der Waals surface area contributed by atoms with Crippen molar-refractivity contribution in [2.45, 2.75) is 44.8 Å². The van der Waals surface area contributed by atoms with Gasteiger partial charge in [-0.05, 0) is 37.5 Å². The van der Waals surface area contributed by atoms with E-state index in [1.807, 2.05) is 12.1 Å². The van der Waals surface area contributed by atoms with Crippen molar-refractivity contribution < 1.29 is 24.2 Å². The molecule has 2 atom stereocenters. The Bertz CT molecular complexity index is 728. The minimum atomic E-state index is -1.08. The van der Waals surface area contributed by atoms with E-state index in [0.717, 1.165) is 11.8 Å². The van der Waals surface area contributed by atoms with E-state index in [1.54, 1.807) is 17.1 Å². The lowest BCUT2D eigenvalue weighted by Gasteiger charge is -2.42. The molecule has 1 N–H and O–H groups in total. The van der Waals surface area contributed by atoms with Crippen LogP contribution in [0, 0.1) is 11.3 Å². The summed E-state index contributed by atoms with van der Waals surface area (Å²) in [6.45, 7) is 2.66. The van der Waals surface area contributed by atoms with E-state index >= 15 is 0 Å². The third-order valence-corrected chi connectivity index (χ3v) is 4.66. The largest absolute Gasteiger partial charge is 0.480 e. The summed E-state index contributed by atoms with van der Waals surface area (Å²) in [6.07, 6.45) is 1.93. The van der Waals surface area contributed by atoms with E-state index < -0.39 is 12.0 Å². The van der Waals surface area contributed by atoms with Crippen LogP contribution >= 0.6 is 0 Å². The Kier molecular flexibility index (Phi) is 8.11. The lowest BCUT2D eigenvalue weighted by molar-refractivity contribution is -0.180. The number of carboxylic acids is 1. The van der Waals surface area contributed by atoms with Gasteiger partial charge in [-0.25, -0.2) is 9.80 Å². The van der Waals surface area contributed by atoms with Gasteiger partial charge in [-0.2, -0.15) is 5.26 Å². The molecule has 1 amide bonds. The molecule has 1 unspecified atom stereocenters. The van der Waals surface area contributed by atoms with Crippen LogP contribution in [0.5, 0.6) is 0 Å². The summed E-state index contributed by atoms with van der Waals surface area (Å²) in [5.41, 5.74) is 1.58. The summed E-state index contributed by atoms with van der Waals surface area (Å²) in [6, 6.07) is 8.28. The average Bonchev–Trinajstić information content (AvgIpc) is 2.69. The lowest BCUT2D eigenvalue weighted by Crippen LogP contribution is -2.59. The number of aliphatic carboxylic acids is 1. The zero-order chi connectivity index (χ0) is 20.5. The first-order chi connectivity index (χ1) is 13.5. The van der Waals surface area contributed by atoms with Gasteiger partial charge < -0.3 is 14.6 Å². The minimum absolute atomic E-state index is 0.119. The molecule has 8 nitrogen and oxygen atoms in total. The Labute approximate surface area is 164 Å². The lowest BCUT2D eigenvalue weighted by atomic mass is 10.1. The van der Waals surface area contributed by atoms with Gasteiger partial charge >= 0.3 is 5.97 Å². The molecule has 1 aliphatic rings. The van der Waals surface area contributed by atoms with Gasteiger partial charge in [0, 0.05) is 25.9 Å². The molecule has 0 aromatic heterocycles. The number of carbonyl (C=O) groups is 3. The zero-order valence-electron chi connectivity index (χ0n) is 15.9. The molecule has 1 aliphatic heterocycles. The molecule has 28 heavy (non-hydrogen) atoms. The smallest absolute Gasteiger partial charge is 0.327 e. The number of rotatable bonds is 9. The third kappa shape index (κ3) is 5.87. The summed E-state index contributed by atoms with van der Waals surface area (Å²) >= 11 is 0. The maximum Gasteiger partial charge on any atom is 0.327 e. The first-order valence-corrected chi connectivity index (χ1v) is 9.30. The highest BCUT2D eigenvalue weighted by Crippen LogP contribution is 2.18. The predicted octanol–water partition coefficient (Wildman–Crippen LogP) is 1.39. The van der Waals surface area contributed by atoms with Gasteiger partial charge in [-0.1, -0.05) is 12.1 Å². The molecule has 1 saturated heterocycles. The van der Waals surface area contributed by atoms with Crippen LogP contribution in [0.1, 0.15) is 37.3 Å². The summed E-state index contributed by atoms with van der Waals surface area (Å²) < 4.78 is 5.80. The highest BCUT2D eigenvalue weighted by molar-refractivity contribution is 5.83. The van der Waals surface area contributed by atoms with Crippen molar-refractivity contribution in [1.82, 2.24) is 10.0 Å². The molecular formula is C20H25N3O5. The van der Waals surface area contributed by atoms with Crippen molar-refractivity contribution in [2.24, 2.45) is 0 Å². The van der Waals surface area contributed by atoms with Gasteiger partial charge in [0.1, 0.15) is 12.3 Å². The van der Waals surface area contributed by atoms with Crippen LogP contribution in [0.2, 0.25) is 0 Å². The fourth-order valence-corrected chi connectivity index (χ4v) is 3.18. The van der Waals surface area contributed by atoms with Gasteiger partial charge in [0.15, 0.2) is 0 Å². The third-order valence-electron chi connectivity index (χ3n) is 4.66. The molecular weight excluding hydrogens is 362 g/mol. The molecule has 1 fully saturated rings. The molecule has 2 rings (SSSR count). The maximum absolute atomic E-state index is 12.6. The predicted molar refractivity (Wildman–Crippen MR) is 100 cm³/mol. The van der Waals surface area contributed by atoms with Gasteiger partial charge in [0.2, 0.25) is 5.91 Å². The van der Waals surface area contributed by atoms with Crippen LogP contribution in [0.15, 0.2) is 24.3 Å². The van der Waals surface area contributed by atoms with Crippen LogP contribution in [0.25, 0.3) is 0 Å². The Morgan fingerprint density at radius 1 is 1.43 bits per heavy atom. The molecule has 0 saturated carbocycles. The number of hydrazine groups is 1. The van der Waals surface area contributed by atoms with Crippen molar-refractivity contribution in [3.05, 3.63) is 35.4 Å². The quantitative estimate of drug-likeness (QED) is 0.503. The van der Waals surface area contributed by atoms with E-state index in [9.17, 15) is 19.5 Å². The Morgan fingerprint density at radius 2 is 2.14 bits per heavy atom. The van der Waals surface area contributed by atoms with Crippen LogP contribution in [0.4, 0.5) is 0 Å². The Balaban J connectivity index is 2.07. The normalized spacial score (nSPS) is 18.1. The molecule has 150 valence electrons. The van der Waals surface area contributed by atoms with Crippen LogP contribution in [-0.4, -0.2) is 65.1 Å². The van der Waals surface area contributed by atoms with E-state index in [-0.39, 0.29) is 24.9 Å². The number of nitriles is 1. The highest BCUT2D eigenvalue weighted by atomic mass is 16.5. The van der Waals surface area contributed by atoms with Crippen molar-refractivity contribution in [3.63, 3.8) is 0 Å². The monoisotopic (exact) mass is 387 g/mol. The number of benzene rings is 1. The molecule has 1 aromatic rings. The van der Waals surface area contributed by atoms with Crippen molar-refractivity contribution in [2.75, 3.05) is 19.7 Å². The van der Waals surface area contributed by atoms with Crippen molar-refractivity contribution in [3.8, 4) is 6.07 Å². The van der Waals surface area contributed by atoms with Gasteiger partial charge in [-0.15, -0.1) is 0 Å². The number of hydrogen-bond donors (Lipinski definition) is 1. The first-order valence-electron chi connectivity index (χ1n) is 9.30. The number of carboxylic acid groups (broad SMARTS) is 1. The van der Waals surface area contributed by atoms with Crippen LogP contribution < -0.4 is 0 Å². The average molecular weight is 387 g/mol. The number of carbonyl (C=O) groups excluding carboxylic acids is 2. The second-order valence-corrected chi connectivity index (χ2v) is 6.73. The maximum atomic E-state index is 12.6.